The van der Waals surface area contributed by atoms with Gasteiger partial charge in [-0.2, -0.15) is 0 Å². The summed E-state index contributed by atoms with van der Waals surface area (Å²) in [7, 11) is 0. The molecule has 1 atom stereocenters. The van der Waals surface area contributed by atoms with Gasteiger partial charge in [-0.15, -0.1) is 0 Å². The molecule has 5 heteroatoms. The number of aromatic hydroxyl groups is 1. The van der Waals surface area contributed by atoms with Crippen molar-refractivity contribution in [3.8, 4) is 5.75 Å². The first-order valence-electron chi connectivity index (χ1n) is 5.48. The molecule has 3 N–H and O–H groups in total. The Bertz CT molecular complexity index is 395. The number of carboxylic acid groups (broad SMARTS) is 1. The van der Waals surface area contributed by atoms with Gasteiger partial charge < -0.3 is 15.5 Å². The van der Waals surface area contributed by atoms with Crippen LogP contribution in [-0.2, 0) is 11.3 Å². The van der Waals surface area contributed by atoms with Crippen LogP contribution in [0.15, 0.2) is 22.7 Å². The van der Waals surface area contributed by atoms with E-state index in [1.54, 1.807) is 18.2 Å². The molecule has 1 aromatic rings. The summed E-state index contributed by atoms with van der Waals surface area (Å²) in [6.07, 6.45) is 1.37. The zero-order chi connectivity index (χ0) is 12.8. The van der Waals surface area contributed by atoms with Crippen molar-refractivity contribution in [2.24, 2.45) is 0 Å². The van der Waals surface area contributed by atoms with Gasteiger partial charge in [0.15, 0.2) is 0 Å². The van der Waals surface area contributed by atoms with Gasteiger partial charge in [0.2, 0.25) is 0 Å². The number of benzene rings is 1. The number of nitrogens with one attached hydrogen (secondary N) is 1. The van der Waals surface area contributed by atoms with Crippen molar-refractivity contribution in [1.82, 2.24) is 5.32 Å². The van der Waals surface area contributed by atoms with Crippen LogP contribution in [0.5, 0.6) is 5.75 Å². The normalized spacial score (nSPS) is 12.4. The zero-order valence-electron chi connectivity index (χ0n) is 9.61. The number of phenolic OH excluding ortho intramolecular Hbond substituents is 1. The minimum Gasteiger partial charge on any atom is -0.508 e. The monoisotopic (exact) mass is 301 g/mol. The Morgan fingerprint density at radius 2 is 2.24 bits per heavy atom. The van der Waals surface area contributed by atoms with Crippen LogP contribution in [0.3, 0.4) is 0 Å². The molecule has 17 heavy (non-hydrogen) atoms. The van der Waals surface area contributed by atoms with E-state index in [-0.39, 0.29) is 5.75 Å². The van der Waals surface area contributed by atoms with Crippen molar-refractivity contribution in [1.29, 1.82) is 0 Å². The minimum absolute atomic E-state index is 0.168. The van der Waals surface area contributed by atoms with E-state index in [9.17, 15) is 9.90 Å². The van der Waals surface area contributed by atoms with E-state index in [1.807, 2.05) is 6.92 Å². The molecular weight excluding hydrogens is 286 g/mol. The summed E-state index contributed by atoms with van der Waals surface area (Å²) in [6, 6.07) is 4.52. The lowest BCUT2D eigenvalue weighted by atomic mass is 10.1. The van der Waals surface area contributed by atoms with Gasteiger partial charge in [0, 0.05) is 16.6 Å². The fraction of sp³-hybridized carbons (Fsp3) is 0.417. The van der Waals surface area contributed by atoms with Crippen LogP contribution in [0.4, 0.5) is 0 Å². The maximum absolute atomic E-state index is 10.9. The molecule has 1 aromatic carbocycles. The molecule has 1 unspecified atom stereocenters. The fourth-order valence-corrected chi connectivity index (χ4v) is 1.94. The molecule has 0 heterocycles. The highest BCUT2D eigenvalue weighted by atomic mass is 79.9. The Kier molecular flexibility index (Phi) is 5.44. The lowest BCUT2D eigenvalue weighted by Crippen LogP contribution is -2.36. The SMILES string of the molecule is CCCC(NCc1cc(Br)ccc1O)C(=O)O. The molecule has 0 radical (unpaired) electrons. The Hall–Kier alpha value is -1.07. The van der Waals surface area contributed by atoms with Crippen LogP contribution >= 0.6 is 15.9 Å². The highest BCUT2D eigenvalue weighted by molar-refractivity contribution is 9.10. The van der Waals surface area contributed by atoms with Crippen molar-refractivity contribution in [2.45, 2.75) is 32.4 Å². The summed E-state index contributed by atoms with van der Waals surface area (Å²) < 4.78 is 0.856. The molecule has 4 nitrogen and oxygen atoms in total. The van der Waals surface area contributed by atoms with Crippen molar-refractivity contribution in [3.63, 3.8) is 0 Å². The van der Waals surface area contributed by atoms with Crippen molar-refractivity contribution in [2.75, 3.05) is 0 Å². The number of halogens is 1. The molecule has 0 amide bonds. The number of carboxylic acids is 1. The molecule has 0 bridgehead atoms. The summed E-state index contributed by atoms with van der Waals surface area (Å²) in [4.78, 5) is 10.9. The van der Waals surface area contributed by atoms with Crippen LogP contribution < -0.4 is 5.32 Å². The minimum atomic E-state index is -0.860. The second kappa shape index (κ2) is 6.61. The van der Waals surface area contributed by atoms with Gasteiger partial charge in [0.25, 0.3) is 0 Å². The Morgan fingerprint density at radius 3 is 2.82 bits per heavy atom. The standard InChI is InChI=1S/C12H16BrNO3/c1-2-3-10(12(16)17)14-7-8-6-9(13)4-5-11(8)15/h4-6,10,14-15H,2-3,7H2,1H3,(H,16,17). The highest BCUT2D eigenvalue weighted by Gasteiger charge is 2.15. The first-order chi connectivity index (χ1) is 8.04. The third-order valence-corrected chi connectivity index (χ3v) is 2.95. The molecule has 0 saturated carbocycles. The Labute approximate surface area is 109 Å². The van der Waals surface area contributed by atoms with Crippen LogP contribution in [0.25, 0.3) is 0 Å². The van der Waals surface area contributed by atoms with Gasteiger partial charge >= 0.3 is 5.97 Å². The van der Waals surface area contributed by atoms with Crippen LogP contribution in [0, 0.1) is 0 Å². The molecule has 0 fully saturated rings. The maximum Gasteiger partial charge on any atom is 0.320 e. The molecular formula is C12H16BrNO3. The molecule has 0 saturated heterocycles. The lowest BCUT2D eigenvalue weighted by Gasteiger charge is -2.14. The topological polar surface area (TPSA) is 69.6 Å². The predicted octanol–water partition coefficient (Wildman–Crippen LogP) is 2.50. The number of rotatable bonds is 6. The van der Waals surface area contributed by atoms with Crippen molar-refractivity contribution in [3.05, 3.63) is 28.2 Å². The molecule has 94 valence electrons. The first-order valence-corrected chi connectivity index (χ1v) is 6.27. The van der Waals surface area contributed by atoms with E-state index in [0.29, 0.717) is 18.5 Å². The number of phenols is 1. The number of carbonyl (C=O) groups is 1. The van der Waals surface area contributed by atoms with E-state index in [2.05, 4.69) is 21.2 Å². The summed E-state index contributed by atoms with van der Waals surface area (Å²) >= 11 is 3.31. The smallest absolute Gasteiger partial charge is 0.320 e. The predicted molar refractivity (Wildman–Crippen MR) is 69.0 cm³/mol. The molecule has 1 rings (SSSR count). The average molecular weight is 302 g/mol. The van der Waals surface area contributed by atoms with E-state index in [1.165, 1.54) is 0 Å². The van der Waals surface area contributed by atoms with Gasteiger partial charge in [0.05, 0.1) is 0 Å². The van der Waals surface area contributed by atoms with Crippen molar-refractivity contribution < 1.29 is 15.0 Å². The van der Waals surface area contributed by atoms with Gasteiger partial charge in [-0.05, 0) is 24.6 Å². The Morgan fingerprint density at radius 1 is 1.53 bits per heavy atom. The van der Waals surface area contributed by atoms with E-state index in [4.69, 9.17) is 5.11 Å². The summed E-state index contributed by atoms with van der Waals surface area (Å²) in [5.74, 6) is -0.692. The highest BCUT2D eigenvalue weighted by Crippen LogP contribution is 2.21. The quantitative estimate of drug-likeness (QED) is 0.755. The maximum atomic E-state index is 10.9. The number of hydrogen-bond acceptors (Lipinski definition) is 3. The largest absolute Gasteiger partial charge is 0.508 e. The first kappa shape index (κ1) is 14.0. The number of hydrogen-bond donors (Lipinski definition) is 3. The molecule has 0 spiro atoms. The molecule has 0 aliphatic rings. The second-order valence-corrected chi connectivity index (χ2v) is 4.75. The number of aliphatic carboxylic acids is 1. The lowest BCUT2D eigenvalue weighted by molar-refractivity contribution is -0.139. The third kappa shape index (κ3) is 4.36. The fourth-order valence-electron chi connectivity index (χ4n) is 1.53. The zero-order valence-corrected chi connectivity index (χ0v) is 11.2. The van der Waals surface area contributed by atoms with Gasteiger partial charge in [0.1, 0.15) is 11.8 Å². The molecule has 0 aliphatic heterocycles. The average Bonchev–Trinajstić information content (AvgIpc) is 2.28. The van der Waals surface area contributed by atoms with Crippen molar-refractivity contribution >= 4 is 21.9 Å². The molecule has 0 aromatic heterocycles. The summed E-state index contributed by atoms with van der Waals surface area (Å²) in [5, 5.41) is 21.5. The summed E-state index contributed by atoms with van der Waals surface area (Å²) in [6.45, 7) is 2.27. The van der Waals surface area contributed by atoms with E-state index < -0.39 is 12.0 Å². The second-order valence-electron chi connectivity index (χ2n) is 3.83. The van der Waals surface area contributed by atoms with Gasteiger partial charge in [-0.25, -0.2) is 0 Å². The van der Waals surface area contributed by atoms with Gasteiger partial charge in [-0.1, -0.05) is 29.3 Å². The summed E-state index contributed by atoms with van der Waals surface area (Å²) in [5.41, 5.74) is 0.682. The van der Waals surface area contributed by atoms with E-state index >= 15 is 0 Å². The van der Waals surface area contributed by atoms with Crippen LogP contribution in [0.2, 0.25) is 0 Å². The van der Waals surface area contributed by atoms with E-state index in [0.717, 1.165) is 10.9 Å². The Balaban J connectivity index is 2.64. The van der Waals surface area contributed by atoms with Crippen LogP contribution in [-0.4, -0.2) is 22.2 Å². The molecule has 0 aliphatic carbocycles. The van der Waals surface area contributed by atoms with Gasteiger partial charge in [-0.3, -0.25) is 4.79 Å². The van der Waals surface area contributed by atoms with Crippen LogP contribution in [0.1, 0.15) is 25.3 Å². The third-order valence-electron chi connectivity index (χ3n) is 2.46.